The second-order valence-corrected chi connectivity index (χ2v) is 5.33. The average molecular weight is 317 g/mol. The second kappa shape index (κ2) is 6.73. The highest BCUT2D eigenvalue weighted by Crippen LogP contribution is 2.23. The van der Waals surface area contributed by atoms with Crippen LogP contribution >= 0.6 is 15.9 Å². The van der Waals surface area contributed by atoms with Gasteiger partial charge < -0.3 is 10.6 Å². The predicted octanol–water partition coefficient (Wildman–Crippen LogP) is 3.22. The van der Waals surface area contributed by atoms with Gasteiger partial charge >= 0.3 is 0 Å². The van der Waals surface area contributed by atoms with Crippen LogP contribution in [0.2, 0.25) is 0 Å². The fraction of sp³-hybridized carbons (Fsp3) is 0.462. The first-order valence-electron chi connectivity index (χ1n) is 5.89. The maximum Gasteiger partial charge on any atom is 0.221 e. The highest BCUT2D eigenvalue weighted by Gasteiger charge is 2.06. The number of hydrogen-bond donors (Lipinski definition) is 2. The molecule has 3 nitrogen and oxygen atoms in total. The summed E-state index contributed by atoms with van der Waals surface area (Å²) < 4.78 is 13.8. The maximum atomic E-state index is 13.4. The molecule has 18 heavy (non-hydrogen) atoms. The molecule has 0 bridgehead atoms. The van der Waals surface area contributed by atoms with Gasteiger partial charge in [0.05, 0.1) is 4.47 Å². The quantitative estimate of drug-likeness (QED) is 0.875. The number of carbonyl (C=O) groups is 1. The van der Waals surface area contributed by atoms with Crippen molar-refractivity contribution in [3.05, 3.63) is 28.0 Å². The molecule has 0 aliphatic heterocycles. The molecule has 5 heteroatoms. The van der Waals surface area contributed by atoms with Crippen LogP contribution < -0.4 is 10.6 Å². The van der Waals surface area contributed by atoms with E-state index >= 15 is 0 Å². The number of carbonyl (C=O) groups excluding carboxylic acids is 1. The Labute approximate surface area is 115 Å². The van der Waals surface area contributed by atoms with Crippen molar-refractivity contribution in [2.75, 3.05) is 11.9 Å². The van der Waals surface area contributed by atoms with Crippen LogP contribution in [0.4, 0.5) is 10.1 Å². The summed E-state index contributed by atoms with van der Waals surface area (Å²) in [6.45, 7) is 6.21. The fourth-order valence-electron chi connectivity index (χ4n) is 1.54. The van der Waals surface area contributed by atoms with E-state index in [9.17, 15) is 9.18 Å². The molecule has 1 aromatic rings. The molecule has 0 radical (unpaired) electrons. The lowest BCUT2D eigenvalue weighted by Gasteiger charge is -2.12. The van der Waals surface area contributed by atoms with Crippen LogP contribution in [-0.4, -0.2) is 18.5 Å². The zero-order valence-electron chi connectivity index (χ0n) is 10.8. The zero-order valence-corrected chi connectivity index (χ0v) is 12.4. The van der Waals surface area contributed by atoms with Crippen LogP contribution in [0.3, 0.4) is 0 Å². The van der Waals surface area contributed by atoms with E-state index in [1.54, 1.807) is 6.07 Å². The highest BCUT2D eigenvalue weighted by molar-refractivity contribution is 9.10. The number of anilines is 1. The van der Waals surface area contributed by atoms with Gasteiger partial charge in [-0.25, -0.2) is 4.39 Å². The number of aryl methyl sites for hydroxylation is 1. The van der Waals surface area contributed by atoms with Gasteiger partial charge in [-0.2, -0.15) is 0 Å². The van der Waals surface area contributed by atoms with Crippen molar-refractivity contribution in [1.29, 1.82) is 0 Å². The first-order chi connectivity index (χ1) is 8.40. The first kappa shape index (κ1) is 15.0. The molecule has 1 amide bonds. The summed E-state index contributed by atoms with van der Waals surface area (Å²) in [5, 5.41) is 5.87. The van der Waals surface area contributed by atoms with E-state index in [4.69, 9.17) is 0 Å². The van der Waals surface area contributed by atoms with Crippen LogP contribution in [-0.2, 0) is 4.79 Å². The Bertz CT molecular complexity index is 435. The normalized spacial score (nSPS) is 10.6. The SMILES string of the molecule is Cc1cc(Br)c(F)cc1NCCC(=O)NC(C)C. The molecule has 0 saturated heterocycles. The van der Waals surface area contributed by atoms with Gasteiger partial charge in [-0.05, 0) is 54.4 Å². The van der Waals surface area contributed by atoms with Gasteiger partial charge in [-0.1, -0.05) is 0 Å². The van der Waals surface area contributed by atoms with E-state index in [1.165, 1.54) is 6.07 Å². The molecule has 0 saturated carbocycles. The van der Waals surface area contributed by atoms with Crippen LogP contribution in [0.15, 0.2) is 16.6 Å². The van der Waals surface area contributed by atoms with E-state index in [0.29, 0.717) is 23.1 Å². The smallest absolute Gasteiger partial charge is 0.221 e. The molecule has 0 atom stereocenters. The van der Waals surface area contributed by atoms with Gasteiger partial charge in [0.1, 0.15) is 5.82 Å². The summed E-state index contributed by atoms with van der Waals surface area (Å²) in [5.41, 5.74) is 1.65. The Morgan fingerprint density at radius 3 is 2.72 bits per heavy atom. The molecule has 100 valence electrons. The summed E-state index contributed by atoms with van der Waals surface area (Å²) in [5.74, 6) is -0.317. The topological polar surface area (TPSA) is 41.1 Å². The van der Waals surface area contributed by atoms with Crippen LogP contribution in [0.1, 0.15) is 25.8 Å². The van der Waals surface area contributed by atoms with E-state index in [1.807, 2.05) is 20.8 Å². The molecular formula is C13H18BrFN2O. The lowest BCUT2D eigenvalue weighted by molar-refractivity contribution is -0.121. The third-order valence-corrected chi connectivity index (χ3v) is 2.99. The zero-order chi connectivity index (χ0) is 13.7. The Morgan fingerprint density at radius 1 is 1.44 bits per heavy atom. The molecular weight excluding hydrogens is 299 g/mol. The van der Waals surface area contributed by atoms with Crippen LogP contribution in [0.25, 0.3) is 0 Å². The summed E-state index contributed by atoms with van der Waals surface area (Å²) in [4.78, 5) is 11.4. The van der Waals surface area contributed by atoms with Gasteiger partial charge in [-0.15, -0.1) is 0 Å². The standard InChI is InChI=1S/C13H18BrFN2O/c1-8(2)17-13(18)4-5-16-12-7-11(15)10(14)6-9(12)3/h6-8,16H,4-5H2,1-3H3,(H,17,18). The highest BCUT2D eigenvalue weighted by atomic mass is 79.9. The molecule has 0 spiro atoms. The van der Waals surface area contributed by atoms with Crippen molar-refractivity contribution in [3.8, 4) is 0 Å². The monoisotopic (exact) mass is 316 g/mol. The third-order valence-electron chi connectivity index (χ3n) is 2.38. The average Bonchev–Trinajstić information content (AvgIpc) is 2.24. The summed E-state index contributed by atoms with van der Waals surface area (Å²) in [7, 11) is 0. The lowest BCUT2D eigenvalue weighted by atomic mass is 10.2. The van der Waals surface area contributed by atoms with Crippen molar-refractivity contribution >= 4 is 27.5 Å². The van der Waals surface area contributed by atoms with Gasteiger partial charge in [0, 0.05) is 24.7 Å². The maximum absolute atomic E-state index is 13.4. The number of rotatable bonds is 5. The molecule has 0 aromatic heterocycles. The minimum Gasteiger partial charge on any atom is -0.384 e. The molecule has 1 rings (SSSR count). The minimum absolute atomic E-state index is 0.00673. The molecule has 2 N–H and O–H groups in total. The number of halogens is 2. The first-order valence-corrected chi connectivity index (χ1v) is 6.68. The van der Waals surface area contributed by atoms with Crippen molar-refractivity contribution < 1.29 is 9.18 Å². The molecule has 0 heterocycles. The Kier molecular flexibility index (Phi) is 5.59. The predicted molar refractivity (Wildman–Crippen MR) is 75.2 cm³/mol. The van der Waals surface area contributed by atoms with E-state index < -0.39 is 0 Å². The van der Waals surface area contributed by atoms with Crippen molar-refractivity contribution in [3.63, 3.8) is 0 Å². The third kappa shape index (κ3) is 4.64. The van der Waals surface area contributed by atoms with Crippen LogP contribution in [0.5, 0.6) is 0 Å². The Hall–Kier alpha value is -1.10. The molecule has 0 aliphatic carbocycles. The Balaban J connectivity index is 2.49. The largest absolute Gasteiger partial charge is 0.384 e. The van der Waals surface area contributed by atoms with Gasteiger partial charge in [0.25, 0.3) is 0 Å². The Morgan fingerprint density at radius 2 is 2.11 bits per heavy atom. The van der Waals surface area contributed by atoms with Gasteiger partial charge in [0.2, 0.25) is 5.91 Å². The van der Waals surface area contributed by atoms with E-state index in [2.05, 4.69) is 26.6 Å². The van der Waals surface area contributed by atoms with E-state index in [0.717, 1.165) is 5.56 Å². The number of hydrogen-bond acceptors (Lipinski definition) is 2. The molecule has 1 aromatic carbocycles. The van der Waals surface area contributed by atoms with Gasteiger partial charge in [0.15, 0.2) is 0 Å². The summed E-state index contributed by atoms with van der Waals surface area (Å²) in [6.07, 6.45) is 0.370. The number of amides is 1. The molecule has 0 unspecified atom stereocenters. The fourth-order valence-corrected chi connectivity index (χ4v) is 2.00. The lowest BCUT2D eigenvalue weighted by Crippen LogP contribution is -2.31. The minimum atomic E-state index is -0.310. The van der Waals surface area contributed by atoms with Crippen molar-refractivity contribution in [1.82, 2.24) is 5.32 Å². The van der Waals surface area contributed by atoms with Crippen LogP contribution in [0, 0.1) is 12.7 Å². The molecule has 0 aliphatic rings. The number of nitrogens with one attached hydrogen (secondary N) is 2. The van der Waals surface area contributed by atoms with E-state index in [-0.39, 0.29) is 17.8 Å². The van der Waals surface area contributed by atoms with Crippen molar-refractivity contribution in [2.24, 2.45) is 0 Å². The summed E-state index contributed by atoms with van der Waals surface area (Å²) >= 11 is 3.13. The van der Waals surface area contributed by atoms with Gasteiger partial charge in [-0.3, -0.25) is 4.79 Å². The summed E-state index contributed by atoms with van der Waals surface area (Å²) in [6, 6.07) is 3.29. The second-order valence-electron chi connectivity index (χ2n) is 4.48. The van der Waals surface area contributed by atoms with Crippen molar-refractivity contribution in [2.45, 2.75) is 33.2 Å². The molecule has 0 fully saturated rings. The number of benzene rings is 1.